The Balaban J connectivity index is 1.67. The molecule has 22 heavy (non-hydrogen) atoms. The van der Waals surface area contributed by atoms with Crippen LogP contribution in [0.4, 0.5) is 0 Å². The minimum absolute atomic E-state index is 0.104. The third kappa shape index (κ3) is 3.75. The van der Waals surface area contributed by atoms with Crippen LogP contribution in [0, 0.1) is 5.92 Å². The number of thiol groups is 1. The van der Waals surface area contributed by atoms with Gasteiger partial charge in [0.1, 0.15) is 0 Å². The minimum Gasteiger partial charge on any atom is -0.341 e. The number of nitrogens with zero attached hydrogens (tertiary/aromatic N) is 3. The fraction of sp³-hybridized carbons (Fsp3) is 0.647. The van der Waals surface area contributed by atoms with Crippen molar-refractivity contribution in [2.45, 2.75) is 50.3 Å². The molecule has 1 atom stereocenters. The van der Waals surface area contributed by atoms with Crippen molar-refractivity contribution in [3.8, 4) is 0 Å². The van der Waals surface area contributed by atoms with Crippen molar-refractivity contribution in [2.24, 2.45) is 5.92 Å². The number of likely N-dealkylation sites (N-methyl/N-ethyl adjacent to an activating group) is 1. The molecule has 0 spiro atoms. The average Bonchev–Trinajstić information content (AvgIpc) is 2.92. The van der Waals surface area contributed by atoms with E-state index in [2.05, 4.69) is 28.4 Å². The van der Waals surface area contributed by atoms with Gasteiger partial charge in [-0.1, -0.05) is 19.3 Å². The van der Waals surface area contributed by atoms with Crippen LogP contribution in [0.3, 0.4) is 0 Å². The maximum Gasteiger partial charge on any atom is 0.249 e. The molecule has 0 N–H and O–H groups in total. The fourth-order valence-electron chi connectivity index (χ4n) is 3.57. The second-order valence-corrected chi connectivity index (χ2v) is 7.44. The molecule has 2 fully saturated rings. The van der Waals surface area contributed by atoms with Crippen molar-refractivity contribution >= 4 is 24.6 Å². The van der Waals surface area contributed by atoms with Crippen LogP contribution in [0.25, 0.3) is 6.08 Å². The molecule has 3 rings (SSSR count). The molecule has 2 aliphatic rings. The van der Waals surface area contributed by atoms with E-state index in [1.807, 2.05) is 19.5 Å². The predicted molar refractivity (Wildman–Crippen MR) is 91.8 cm³/mol. The van der Waals surface area contributed by atoms with Gasteiger partial charge in [-0.05, 0) is 31.3 Å². The summed E-state index contributed by atoms with van der Waals surface area (Å²) in [5, 5.41) is 0.221. The molecule has 1 amide bonds. The normalized spacial score (nSPS) is 25.9. The molecule has 5 heteroatoms. The van der Waals surface area contributed by atoms with Gasteiger partial charge in [-0.3, -0.25) is 4.79 Å². The highest BCUT2D eigenvalue weighted by Crippen LogP contribution is 2.25. The Hall–Kier alpha value is -1.23. The Kier molecular flexibility index (Phi) is 4.91. The quantitative estimate of drug-likeness (QED) is 0.687. The molecular formula is C17H25N3OS. The molecule has 0 aromatic carbocycles. The summed E-state index contributed by atoms with van der Waals surface area (Å²) in [5.74, 6) is 0.889. The standard InChI is InChI=1S/C17H25N3OS/c1-19-11-16(22)8-14(17(19)21)7-15-10-20(12-18-15)9-13-5-3-2-4-6-13/h7,10,12-13,16,22H,2-6,8-9,11H2,1H3/b14-7+. The number of hydrogen-bond donors (Lipinski definition) is 1. The summed E-state index contributed by atoms with van der Waals surface area (Å²) < 4.78 is 2.18. The highest BCUT2D eigenvalue weighted by Gasteiger charge is 2.25. The van der Waals surface area contributed by atoms with Crippen molar-refractivity contribution in [2.75, 3.05) is 13.6 Å². The molecular weight excluding hydrogens is 294 g/mol. The van der Waals surface area contributed by atoms with Crippen molar-refractivity contribution in [1.29, 1.82) is 0 Å². The number of rotatable bonds is 3. The summed E-state index contributed by atoms with van der Waals surface area (Å²) in [6.07, 6.45) is 13.4. The molecule has 1 saturated heterocycles. The van der Waals surface area contributed by atoms with E-state index < -0.39 is 0 Å². The molecule has 1 aliphatic carbocycles. The summed E-state index contributed by atoms with van der Waals surface area (Å²) >= 11 is 4.52. The summed E-state index contributed by atoms with van der Waals surface area (Å²) in [7, 11) is 1.83. The molecule has 1 aliphatic heterocycles. The summed E-state index contributed by atoms with van der Waals surface area (Å²) in [4.78, 5) is 18.4. The molecule has 1 unspecified atom stereocenters. The van der Waals surface area contributed by atoms with Crippen LogP contribution in [0.5, 0.6) is 0 Å². The van der Waals surface area contributed by atoms with Crippen LogP contribution in [0.1, 0.15) is 44.2 Å². The van der Waals surface area contributed by atoms with Crippen molar-refractivity contribution in [1.82, 2.24) is 14.5 Å². The van der Waals surface area contributed by atoms with Gasteiger partial charge in [0.2, 0.25) is 5.91 Å². The Morgan fingerprint density at radius 3 is 2.91 bits per heavy atom. The van der Waals surface area contributed by atoms with Gasteiger partial charge in [0.25, 0.3) is 0 Å². The number of aromatic nitrogens is 2. The largest absolute Gasteiger partial charge is 0.341 e. The van der Waals surface area contributed by atoms with Gasteiger partial charge < -0.3 is 9.47 Å². The summed E-state index contributed by atoms with van der Waals surface area (Å²) in [6, 6.07) is 0. The maximum atomic E-state index is 12.2. The number of carbonyl (C=O) groups excluding carboxylic acids is 1. The van der Waals surface area contributed by atoms with E-state index in [4.69, 9.17) is 0 Å². The van der Waals surface area contributed by atoms with Crippen LogP contribution in [0.15, 0.2) is 18.1 Å². The number of piperidine rings is 1. The first kappa shape index (κ1) is 15.7. The second-order valence-electron chi connectivity index (χ2n) is 6.71. The molecule has 1 aromatic heterocycles. The van der Waals surface area contributed by atoms with Gasteiger partial charge in [0.05, 0.1) is 12.0 Å². The van der Waals surface area contributed by atoms with Gasteiger partial charge in [0.15, 0.2) is 0 Å². The van der Waals surface area contributed by atoms with Crippen LogP contribution in [-0.4, -0.2) is 39.2 Å². The van der Waals surface area contributed by atoms with E-state index >= 15 is 0 Å². The molecule has 1 saturated carbocycles. The molecule has 2 heterocycles. The predicted octanol–water partition coefficient (Wildman–Crippen LogP) is 3.01. The molecule has 120 valence electrons. The van der Waals surface area contributed by atoms with Gasteiger partial charge in [-0.2, -0.15) is 12.6 Å². The second kappa shape index (κ2) is 6.90. The number of likely N-dealkylation sites (tertiary alicyclic amines) is 1. The van der Waals surface area contributed by atoms with E-state index in [-0.39, 0.29) is 11.2 Å². The maximum absolute atomic E-state index is 12.2. The molecule has 0 radical (unpaired) electrons. The Morgan fingerprint density at radius 2 is 2.14 bits per heavy atom. The first-order valence-electron chi connectivity index (χ1n) is 8.27. The van der Waals surface area contributed by atoms with Gasteiger partial charge >= 0.3 is 0 Å². The van der Waals surface area contributed by atoms with E-state index in [0.29, 0.717) is 0 Å². The van der Waals surface area contributed by atoms with E-state index in [9.17, 15) is 4.79 Å². The smallest absolute Gasteiger partial charge is 0.249 e. The SMILES string of the molecule is CN1CC(S)C/C(=C\c2cn(CC3CCCCC3)cn2)C1=O. The van der Waals surface area contributed by atoms with Crippen LogP contribution >= 0.6 is 12.6 Å². The Bertz CT molecular complexity index is 560. The highest BCUT2D eigenvalue weighted by molar-refractivity contribution is 7.81. The number of carbonyl (C=O) groups is 1. The van der Waals surface area contributed by atoms with Crippen molar-refractivity contribution < 1.29 is 4.79 Å². The third-order valence-electron chi connectivity index (χ3n) is 4.73. The lowest BCUT2D eigenvalue weighted by Crippen LogP contribution is -2.39. The topological polar surface area (TPSA) is 38.1 Å². The lowest BCUT2D eigenvalue weighted by molar-refractivity contribution is -0.127. The molecule has 4 nitrogen and oxygen atoms in total. The molecule has 1 aromatic rings. The van der Waals surface area contributed by atoms with E-state index in [1.165, 1.54) is 32.1 Å². The zero-order valence-corrected chi connectivity index (χ0v) is 14.1. The van der Waals surface area contributed by atoms with Crippen LogP contribution in [0.2, 0.25) is 0 Å². The van der Waals surface area contributed by atoms with Gasteiger partial charge in [-0.25, -0.2) is 4.98 Å². The van der Waals surface area contributed by atoms with Gasteiger partial charge in [0, 0.05) is 37.2 Å². The number of hydrogen-bond acceptors (Lipinski definition) is 3. The zero-order valence-electron chi connectivity index (χ0n) is 13.2. The Labute approximate surface area is 138 Å². The monoisotopic (exact) mass is 319 g/mol. The first-order valence-corrected chi connectivity index (χ1v) is 8.79. The van der Waals surface area contributed by atoms with Crippen LogP contribution in [-0.2, 0) is 11.3 Å². The number of amides is 1. The highest BCUT2D eigenvalue weighted by atomic mass is 32.1. The van der Waals surface area contributed by atoms with Crippen molar-refractivity contribution in [3.05, 3.63) is 23.8 Å². The zero-order chi connectivity index (χ0) is 15.5. The fourth-order valence-corrected chi connectivity index (χ4v) is 4.01. The molecule has 0 bridgehead atoms. The number of imidazole rings is 1. The van der Waals surface area contributed by atoms with E-state index in [1.54, 1.807) is 4.90 Å². The minimum atomic E-state index is 0.104. The van der Waals surface area contributed by atoms with Crippen molar-refractivity contribution in [3.63, 3.8) is 0 Å². The Morgan fingerprint density at radius 1 is 1.36 bits per heavy atom. The van der Waals surface area contributed by atoms with Crippen LogP contribution < -0.4 is 0 Å². The lowest BCUT2D eigenvalue weighted by Gasteiger charge is -2.28. The summed E-state index contributed by atoms with van der Waals surface area (Å²) in [5.41, 5.74) is 1.70. The summed E-state index contributed by atoms with van der Waals surface area (Å²) in [6.45, 7) is 1.77. The first-order chi connectivity index (χ1) is 10.6. The lowest BCUT2D eigenvalue weighted by atomic mass is 9.89. The third-order valence-corrected chi connectivity index (χ3v) is 5.08. The average molecular weight is 319 g/mol. The van der Waals surface area contributed by atoms with Gasteiger partial charge in [-0.15, -0.1) is 0 Å². The van der Waals surface area contributed by atoms with E-state index in [0.717, 1.165) is 36.7 Å².